The average molecular weight is 356 g/mol. The van der Waals surface area contributed by atoms with E-state index in [-0.39, 0.29) is 5.92 Å². The van der Waals surface area contributed by atoms with E-state index in [1.807, 2.05) is 6.92 Å². The minimum atomic E-state index is -4.60. The highest BCUT2D eigenvalue weighted by Crippen LogP contribution is 2.26. The molecule has 6 nitrogen and oxygen atoms in total. The van der Waals surface area contributed by atoms with Crippen molar-refractivity contribution in [2.24, 2.45) is 5.92 Å². The topological polar surface area (TPSA) is 64.2 Å². The van der Waals surface area contributed by atoms with Crippen LogP contribution < -0.4 is 5.56 Å². The molecule has 3 heterocycles. The molecule has 9 heteroatoms. The van der Waals surface area contributed by atoms with Gasteiger partial charge in [0.15, 0.2) is 5.69 Å². The van der Waals surface area contributed by atoms with Gasteiger partial charge in [-0.25, -0.2) is 9.97 Å². The molecule has 0 bridgehead atoms. The number of likely N-dealkylation sites (tertiary alicyclic amines) is 1. The molecule has 1 saturated heterocycles. The molecule has 1 aliphatic heterocycles. The molecular weight excluding hydrogens is 337 g/mol. The summed E-state index contributed by atoms with van der Waals surface area (Å²) in [5, 5.41) is 0. The number of rotatable bonds is 4. The summed E-state index contributed by atoms with van der Waals surface area (Å²) in [7, 11) is 0. The van der Waals surface area contributed by atoms with Gasteiger partial charge in [-0.3, -0.25) is 14.3 Å². The minimum Gasteiger partial charge on any atom is -0.445 e. The molecule has 0 saturated carbocycles. The number of alkyl halides is 3. The van der Waals surface area contributed by atoms with Crippen LogP contribution in [0.2, 0.25) is 0 Å². The van der Waals surface area contributed by atoms with E-state index < -0.39 is 17.4 Å². The predicted octanol–water partition coefficient (Wildman–Crippen LogP) is 2.47. The largest absolute Gasteiger partial charge is 0.445 e. The van der Waals surface area contributed by atoms with Crippen molar-refractivity contribution in [3.63, 3.8) is 0 Å². The molecule has 0 radical (unpaired) electrons. The lowest BCUT2D eigenvalue weighted by Crippen LogP contribution is -2.36. The fraction of sp³-hybridized carbons (Fsp3) is 0.562. The van der Waals surface area contributed by atoms with E-state index in [4.69, 9.17) is 4.42 Å². The zero-order chi connectivity index (χ0) is 18.0. The maximum Gasteiger partial charge on any atom is 0.433 e. The summed E-state index contributed by atoms with van der Waals surface area (Å²) < 4.78 is 44.4. The first-order valence-electron chi connectivity index (χ1n) is 8.08. The van der Waals surface area contributed by atoms with E-state index in [0.717, 1.165) is 38.0 Å². The molecule has 0 amide bonds. The standard InChI is InChI=1S/C16H19F3N4O2/c1-11-7-20-14(25-11)9-22-4-2-12(3-5-22)8-23-10-21-13(6-15(23)24)16(17,18)19/h6-7,10,12H,2-5,8-9H2,1H3. The van der Waals surface area contributed by atoms with Crippen LogP contribution in [0, 0.1) is 12.8 Å². The first kappa shape index (κ1) is 17.7. The van der Waals surface area contributed by atoms with Gasteiger partial charge in [-0.15, -0.1) is 0 Å². The van der Waals surface area contributed by atoms with Gasteiger partial charge in [-0.05, 0) is 38.8 Å². The third-order valence-electron chi connectivity index (χ3n) is 4.36. The number of hydrogen-bond acceptors (Lipinski definition) is 5. The number of halogens is 3. The van der Waals surface area contributed by atoms with Gasteiger partial charge in [0.2, 0.25) is 5.89 Å². The smallest absolute Gasteiger partial charge is 0.433 e. The van der Waals surface area contributed by atoms with Crippen LogP contribution in [0.15, 0.2) is 27.8 Å². The van der Waals surface area contributed by atoms with Gasteiger partial charge < -0.3 is 4.42 Å². The van der Waals surface area contributed by atoms with Gasteiger partial charge >= 0.3 is 6.18 Å². The number of aromatic nitrogens is 3. The van der Waals surface area contributed by atoms with E-state index in [1.165, 1.54) is 4.57 Å². The summed E-state index contributed by atoms with van der Waals surface area (Å²) in [5.74, 6) is 1.69. The van der Waals surface area contributed by atoms with E-state index in [9.17, 15) is 18.0 Å². The fourth-order valence-electron chi connectivity index (χ4n) is 2.99. The third kappa shape index (κ3) is 4.47. The molecule has 2 aromatic heterocycles. The van der Waals surface area contributed by atoms with Crippen LogP contribution in [0.25, 0.3) is 0 Å². The molecule has 0 spiro atoms. The molecule has 0 aliphatic carbocycles. The molecule has 1 aliphatic rings. The van der Waals surface area contributed by atoms with Crippen molar-refractivity contribution in [1.82, 2.24) is 19.4 Å². The van der Waals surface area contributed by atoms with E-state index in [0.29, 0.717) is 25.0 Å². The summed E-state index contributed by atoms with van der Waals surface area (Å²) >= 11 is 0. The van der Waals surface area contributed by atoms with Crippen molar-refractivity contribution in [1.29, 1.82) is 0 Å². The Bertz CT molecular complexity index is 776. The Morgan fingerprint density at radius 2 is 2.00 bits per heavy atom. The van der Waals surface area contributed by atoms with Crippen molar-refractivity contribution in [3.05, 3.63) is 46.3 Å². The number of nitrogens with zero attached hydrogens (tertiary/aromatic N) is 4. The second-order valence-electron chi connectivity index (χ2n) is 6.35. The number of piperidine rings is 1. The summed E-state index contributed by atoms with van der Waals surface area (Å²) in [5.41, 5.74) is -1.81. The maximum atomic E-state index is 12.6. The first-order chi connectivity index (χ1) is 11.8. The zero-order valence-electron chi connectivity index (χ0n) is 13.8. The summed E-state index contributed by atoms with van der Waals surface area (Å²) in [6, 6.07) is 0.556. The number of hydrogen-bond donors (Lipinski definition) is 0. The monoisotopic (exact) mass is 356 g/mol. The van der Waals surface area contributed by atoms with Gasteiger partial charge in [-0.2, -0.15) is 13.2 Å². The zero-order valence-corrected chi connectivity index (χ0v) is 13.8. The fourth-order valence-corrected chi connectivity index (χ4v) is 2.99. The Hall–Kier alpha value is -2.16. The molecular formula is C16H19F3N4O2. The van der Waals surface area contributed by atoms with Crippen LogP contribution in [0.1, 0.15) is 30.2 Å². The number of oxazole rings is 1. The minimum absolute atomic E-state index is 0.235. The SMILES string of the molecule is Cc1cnc(CN2CCC(Cn3cnc(C(F)(F)F)cc3=O)CC2)o1. The van der Waals surface area contributed by atoms with Crippen LogP contribution in [0.3, 0.4) is 0 Å². The van der Waals surface area contributed by atoms with Crippen LogP contribution in [-0.4, -0.2) is 32.5 Å². The lowest BCUT2D eigenvalue weighted by Gasteiger charge is -2.31. The highest BCUT2D eigenvalue weighted by atomic mass is 19.4. The Morgan fingerprint density at radius 3 is 2.56 bits per heavy atom. The molecule has 1 fully saturated rings. The maximum absolute atomic E-state index is 12.6. The molecule has 25 heavy (non-hydrogen) atoms. The van der Waals surface area contributed by atoms with Crippen LogP contribution in [0.4, 0.5) is 13.2 Å². The van der Waals surface area contributed by atoms with Gasteiger partial charge in [0.05, 0.1) is 19.1 Å². The second kappa shape index (κ2) is 6.99. The van der Waals surface area contributed by atoms with Crippen LogP contribution >= 0.6 is 0 Å². The van der Waals surface area contributed by atoms with Gasteiger partial charge in [-0.1, -0.05) is 0 Å². The summed E-state index contributed by atoms with van der Waals surface area (Å²) in [6.45, 7) is 4.53. The molecule has 0 unspecified atom stereocenters. The van der Waals surface area contributed by atoms with Gasteiger partial charge in [0.1, 0.15) is 5.76 Å². The Labute approximate surface area is 142 Å². The van der Waals surface area contributed by atoms with Gasteiger partial charge in [0.25, 0.3) is 5.56 Å². The summed E-state index contributed by atoms with van der Waals surface area (Å²) in [4.78, 5) is 21.6. The second-order valence-corrected chi connectivity index (χ2v) is 6.35. The Morgan fingerprint density at radius 1 is 1.28 bits per heavy atom. The molecule has 3 rings (SSSR count). The van der Waals surface area contributed by atoms with E-state index >= 15 is 0 Å². The lowest BCUT2D eigenvalue weighted by molar-refractivity contribution is -0.141. The highest BCUT2D eigenvalue weighted by molar-refractivity contribution is 5.03. The van der Waals surface area contributed by atoms with Crippen molar-refractivity contribution in [2.75, 3.05) is 13.1 Å². The summed E-state index contributed by atoms with van der Waals surface area (Å²) in [6.07, 6.45) is -0.207. The van der Waals surface area contributed by atoms with Crippen molar-refractivity contribution >= 4 is 0 Å². The number of aryl methyl sites for hydroxylation is 1. The first-order valence-corrected chi connectivity index (χ1v) is 8.08. The highest BCUT2D eigenvalue weighted by Gasteiger charge is 2.33. The van der Waals surface area contributed by atoms with Crippen molar-refractivity contribution in [3.8, 4) is 0 Å². The normalized spacial score (nSPS) is 17.1. The van der Waals surface area contributed by atoms with Crippen molar-refractivity contribution < 1.29 is 17.6 Å². The molecule has 0 N–H and O–H groups in total. The molecule has 2 aromatic rings. The predicted molar refractivity (Wildman–Crippen MR) is 82.7 cm³/mol. The van der Waals surface area contributed by atoms with E-state index in [1.54, 1.807) is 6.20 Å². The molecule has 0 atom stereocenters. The Kier molecular flexibility index (Phi) is 4.94. The van der Waals surface area contributed by atoms with Gasteiger partial charge in [0, 0.05) is 12.6 Å². The van der Waals surface area contributed by atoms with E-state index in [2.05, 4.69) is 14.9 Å². The van der Waals surface area contributed by atoms with Crippen LogP contribution in [-0.2, 0) is 19.3 Å². The quantitative estimate of drug-likeness (QED) is 0.842. The van der Waals surface area contributed by atoms with Crippen molar-refractivity contribution in [2.45, 2.75) is 39.0 Å². The Balaban J connectivity index is 1.54. The third-order valence-corrected chi connectivity index (χ3v) is 4.36. The molecule has 136 valence electrons. The lowest BCUT2D eigenvalue weighted by atomic mass is 9.96. The van der Waals surface area contributed by atoms with Crippen LogP contribution in [0.5, 0.6) is 0 Å². The molecule has 0 aromatic carbocycles. The average Bonchev–Trinajstić information content (AvgIpc) is 2.95.